The zero-order chi connectivity index (χ0) is 11.8. The monoisotopic (exact) mass is 218 g/mol. The molecule has 0 aromatic rings. The summed E-state index contributed by atoms with van der Waals surface area (Å²) in [6.45, 7) is 8.74. The Kier molecular flexibility index (Phi) is 2.96. The molecule has 1 nitrogen and oxygen atoms in total. The summed E-state index contributed by atoms with van der Waals surface area (Å²) in [4.78, 5) is 0. The third-order valence-corrected chi connectivity index (χ3v) is 4.12. The zero-order valence-electron chi connectivity index (χ0n) is 10.7. The highest BCUT2D eigenvalue weighted by molar-refractivity contribution is 5.42. The van der Waals surface area contributed by atoms with Crippen LogP contribution in [0.15, 0.2) is 35.6 Å². The summed E-state index contributed by atoms with van der Waals surface area (Å²) in [6.07, 6.45) is 9.86. The first-order chi connectivity index (χ1) is 7.57. The van der Waals surface area contributed by atoms with Gasteiger partial charge in [0.1, 0.15) is 5.76 Å². The average molecular weight is 218 g/mol. The van der Waals surface area contributed by atoms with E-state index in [4.69, 9.17) is 4.74 Å². The third kappa shape index (κ3) is 1.73. The van der Waals surface area contributed by atoms with E-state index in [0.717, 1.165) is 11.3 Å². The minimum atomic E-state index is 0.120. The summed E-state index contributed by atoms with van der Waals surface area (Å²) < 4.78 is 5.41. The maximum absolute atomic E-state index is 5.41. The Bertz CT molecular complexity index is 358. The van der Waals surface area contributed by atoms with E-state index in [2.05, 4.69) is 32.6 Å². The van der Waals surface area contributed by atoms with Crippen LogP contribution in [0.2, 0.25) is 0 Å². The van der Waals surface area contributed by atoms with Gasteiger partial charge in [-0.2, -0.15) is 0 Å². The van der Waals surface area contributed by atoms with Crippen molar-refractivity contribution in [3.63, 3.8) is 0 Å². The van der Waals surface area contributed by atoms with E-state index in [1.54, 1.807) is 12.7 Å². The second-order valence-corrected chi connectivity index (χ2v) is 5.44. The smallest absolute Gasteiger partial charge is 0.118 e. The van der Waals surface area contributed by atoms with Crippen LogP contribution in [-0.2, 0) is 4.74 Å². The van der Waals surface area contributed by atoms with Crippen molar-refractivity contribution in [1.29, 1.82) is 0 Å². The van der Waals surface area contributed by atoms with E-state index < -0.39 is 0 Å². The first kappa shape index (κ1) is 11.5. The molecule has 0 saturated heterocycles. The Hall–Kier alpha value is -0.980. The van der Waals surface area contributed by atoms with Crippen LogP contribution in [0.1, 0.15) is 39.5 Å². The first-order valence-corrected chi connectivity index (χ1v) is 6.22. The molecule has 0 fully saturated rings. The summed E-state index contributed by atoms with van der Waals surface area (Å²) in [7, 11) is 1.74. The van der Waals surface area contributed by atoms with Crippen molar-refractivity contribution in [2.75, 3.05) is 7.11 Å². The number of rotatable bonds is 2. The lowest BCUT2D eigenvalue weighted by Crippen LogP contribution is -2.22. The molecule has 0 heterocycles. The van der Waals surface area contributed by atoms with Gasteiger partial charge < -0.3 is 4.74 Å². The minimum absolute atomic E-state index is 0.120. The maximum Gasteiger partial charge on any atom is 0.118 e. The van der Waals surface area contributed by atoms with Gasteiger partial charge in [-0.1, -0.05) is 32.1 Å². The van der Waals surface area contributed by atoms with Crippen molar-refractivity contribution >= 4 is 0 Å². The van der Waals surface area contributed by atoms with Crippen LogP contribution < -0.4 is 0 Å². The lowest BCUT2D eigenvalue weighted by molar-refractivity contribution is 0.290. The van der Waals surface area contributed by atoms with Crippen molar-refractivity contribution < 1.29 is 4.74 Å². The maximum atomic E-state index is 5.41. The summed E-state index contributed by atoms with van der Waals surface area (Å²) in [5.41, 5.74) is 2.85. The molecule has 0 aromatic carbocycles. The van der Waals surface area contributed by atoms with Crippen LogP contribution in [0.4, 0.5) is 0 Å². The predicted molar refractivity (Wildman–Crippen MR) is 68.1 cm³/mol. The van der Waals surface area contributed by atoms with E-state index in [1.165, 1.54) is 25.7 Å². The van der Waals surface area contributed by atoms with Crippen molar-refractivity contribution in [2.24, 2.45) is 11.3 Å². The van der Waals surface area contributed by atoms with Gasteiger partial charge in [-0.3, -0.25) is 0 Å². The fourth-order valence-corrected chi connectivity index (χ4v) is 2.87. The summed E-state index contributed by atoms with van der Waals surface area (Å²) >= 11 is 0. The molecule has 0 N–H and O–H groups in total. The summed E-state index contributed by atoms with van der Waals surface area (Å²) in [6, 6.07) is 0. The third-order valence-electron chi connectivity index (χ3n) is 4.12. The van der Waals surface area contributed by atoms with Crippen LogP contribution in [0.3, 0.4) is 0 Å². The Labute approximate surface area is 98.9 Å². The van der Waals surface area contributed by atoms with E-state index in [9.17, 15) is 0 Å². The minimum Gasteiger partial charge on any atom is -0.497 e. The van der Waals surface area contributed by atoms with Crippen LogP contribution in [0, 0.1) is 11.3 Å². The summed E-state index contributed by atoms with van der Waals surface area (Å²) in [5, 5.41) is 0. The molecular formula is C15H22O. The second-order valence-electron chi connectivity index (χ2n) is 5.44. The quantitative estimate of drug-likeness (QED) is 0.630. The van der Waals surface area contributed by atoms with Crippen molar-refractivity contribution in [3.05, 3.63) is 35.6 Å². The number of allylic oxidation sites excluding steroid dienone is 4. The average Bonchev–Trinajstić information content (AvgIpc) is 2.52. The highest BCUT2D eigenvalue weighted by atomic mass is 16.5. The van der Waals surface area contributed by atoms with Gasteiger partial charge in [0.15, 0.2) is 0 Å². The molecule has 1 atom stereocenters. The Morgan fingerprint density at radius 2 is 2.12 bits per heavy atom. The molecule has 0 aliphatic heterocycles. The van der Waals surface area contributed by atoms with Gasteiger partial charge in [-0.25, -0.2) is 0 Å². The van der Waals surface area contributed by atoms with E-state index in [-0.39, 0.29) is 5.41 Å². The Morgan fingerprint density at radius 1 is 1.38 bits per heavy atom. The predicted octanol–water partition coefficient (Wildman–Crippen LogP) is 4.23. The van der Waals surface area contributed by atoms with Crippen LogP contribution in [0.25, 0.3) is 0 Å². The van der Waals surface area contributed by atoms with E-state index >= 15 is 0 Å². The molecule has 0 saturated carbocycles. The van der Waals surface area contributed by atoms with Gasteiger partial charge in [-0.05, 0) is 37.3 Å². The van der Waals surface area contributed by atoms with Gasteiger partial charge in [0.2, 0.25) is 0 Å². The molecule has 0 aromatic heterocycles. The Balaban J connectivity index is 2.30. The molecule has 0 amide bonds. The molecule has 88 valence electrons. The molecule has 0 bridgehead atoms. The van der Waals surface area contributed by atoms with Crippen molar-refractivity contribution in [3.8, 4) is 0 Å². The number of methoxy groups -OCH3 is 1. The molecule has 0 unspecified atom stereocenters. The lowest BCUT2D eigenvalue weighted by Gasteiger charge is -2.31. The summed E-state index contributed by atoms with van der Waals surface area (Å²) in [5.74, 6) is 1.48. The van der Waals surface area contributed by atoms with Gasteiger partial charge in [0, 0.05) is 11.3 Å². The highest BCUT2D eigenvalue weighted by Gasteiger charge is 2.40. The molecule has 0 radical (unpaired) electrons. The van der Waals surface area contributed by atoms with Crippen molar-refractivity contribution in [2.45, 2.75) is 39.5 Å². The number of hydrogen-bond donors (Lipinski definition) is 0. The fraction of sp³-hybridized carbons (Fsp3) is 0.600. The topological polar surface area (TPSA) is 9.23 Å². The zero-order valence-corrected chi connectivity index (χ0v) is 10.7. The fourth-order valence-electron chi connectivity index (χ4n) is 2.87. The molecule has 0 spiro atoms. The highest BCUT2D eigenvalue weighted by Crippen LogP contribution is 2.50. The Morgan fingerprint density at radius 3 is 2.62 bits per heavy atom. The molecule has 2 rings (SSSR count). The molecule has 1 heteroatoms. The van der Waals surface area contributed by atoms with Gasteiger partial charge >= 0.3 is 0 Å². The number of ether oxygens (including phenoxy) is 1. The SMILES string of the molecule is C=C1C(OC)=C[C@@H](C2=CCCCC2)C1(C)C. The van der Waals surface area contributed by atoms with E-state index in [1.807, 2.05) is 0 Å². The molecular weight excluding hydrogens is 196 g/mol. The van der Waals surface area contributed by atoms with Gasteiger partial charge in [0.25, 0.3) is 0 Å². The van der Waals surface area contributed by atoms with Gasteiger partial charge in [-0.15, -0.1) is 0 Å². The van der Waals surface area contributed by atoms with Crippen molar-refractivity contribution in [1.82, 2.24) is 0 Å². The molecule has 2 aliphatic rings. The second kappa shape index (κ2) is 4.12. The largest absolute Gasteiger partial charge is 0.497 e. The lowest BCUT2D eigenvalue weighted by atomic mass is 9.72. The normalized spacial score (nSPS) is 28.7. The molecule has 2 aliphatic carbocycles. The molecule has 16 heavy (non-hydrogen) atoms. The van der Waals surface area contributed by atoms with Crippen LogP contribution in [-0.4, -0.2) is 7.11 Å². The first-order valence-electron chi connectivity index (χ1n) is 6.22. The van der Waals surface area contributed by atoms with Crippen LogP contribution >= 0.6 is 0 Å². The van der Waals surface area contributed by atoms with E-state index in [0.29, 0.717) is 5.92 Å². The van der Waals surface area contributed by atoms with Gasteiger partial charge in [0.05, 0.1) is 7.11 Å². The van der Waals surface area contributed by atoms with Crippen LogP contribution in [0.5, 0.6) is 0 Å². The number of hydrogen-bond acceptors (Lipinski definition) is 1. The standard InChI is InChI=1S/C15H22O/c1-11-14(16-4)10-13(15(11,2)3)12-8-6-5-7-9-12/h8,10,13H,1,5-7,9H2,2-4H3/t13-/m0/s1.